The summed E-state index contributed by atoms with van der Waals surface area (Å²) in [6, 6.07) is 0. The van der Waals surface area contributed by atoms with Crippen molar-refractivity contribution in [2.75, 3.05) is 0 Å². The highest BCUT2D eigenvalue weighted by molar-refractivity contribution is 5.80. The van der Waals surface area contributed by atoms with Gasteiger partial charge in [0.2, 0.25) is 0 Å². The fraction of sp³-hybridized carbons (Fsp3) is 0.625. The van der Waals surface area contributed by atoms with Crippen LogP contribution in [-0.4, -0.2) is 5.97 Å². The first-order valence-corrected chi connectivity index (χ1v) is 3.75. The maximum Gasteiger partial charge on any atom is 0.331 e. The summed E-state index contributed by atoms with van der Waals surface area (Å²) in [5, 5.41) is 0. The van der Waals surface area contributed by atoms with Gasteiger partial charge in [0.1, 0.15) is 0 Å². The summed E-state index contributed by atoms with van der Waals surface area (Å²) in [5.74, 6) is 4.77. The summed E-state index contributed by atoms with van der Waals surface area (Å²) in [7, 11) is 0. The molecule has 1 rings (SSSR count). The van der Waals surface area contributed by atoms with Gasteiger partial charge in [0.25, 0.3) is 0 Å². The van der Waals surface area contributed by atoms with Crippen LogP contribution in [0.4, 0.5) is 0 Å². The van der Waals surface area contributed by atoms with Gasteiger partial charge in [-0.2, -0.15) is 5.90 Å². The number of hydrogen-bond donors (Lipinski definition) is 1. The van der Waals surface area contributed by atoms with Crippen LogP contribution >= 0.6 is 0 Å². The topological polar surface area (TPSA) is 52.3 Å². The van der Waals surface area contributed by atoms with E-state index in [4.69, 9.17) is 5.90 Å². The van der Waals surface area contributed by atoms with Crippen LogP contribution in [0.25, 0.3) is 0 Å². The smallest absolute Gasteiger partial charge is 0.331 e. The number of hydrogen-bond acceptors (Lipinski definition) is 3. The molecule has 0 amide bonds. The van der Waals surface area contributed by atoms with Gasteiger partial charge in [0, 0.05) is 0 Å². The van der Waals surface area contributed by atoms with E-state index in [0.29, 0.717) is 0 Å². The molecule has 0 bridgehead atoms. The van der Waals surface area contributed by atoms with E-state index in [-0.39, 0.29) is 17.3 Å². The van der Waals surface area contributed by atoms with Crippen LogP contribution in [0.5, 0.6) is 0 Å². The predicted molar refractivity (Wildman–Crippen MR) is 41.3 cm³/mol. The lowest BCUT2D eigenvalue weighted by Gasteiger charge is -2.08. The van der Waals surface area contributed by atoms with E-state index in [0.717, 1.165) is 12.8 Å². The summed E-state index contributed by atoms with van der Waals surface area (Å²) in [4.78, 5) is 15.3. The van der Waals surface area contributed by atoms with E-state index in [1.54, 1.807) is 6.08 Å². The molecule has 1 fully saturated rings. The van der Waals surface area contributed by atoms with Crippen molar-refractivity contribution in [2.24, 2.45) is 17.2 Å². The molecule has 0 radical (unpaired) electrons. The van der Waals surface area contributed by atoms with E-state index in [2.05, 4.69) is 11.4 Å². The van der Waals surface area contributed by atoms with Crippen molar-refractivity contribution in [3.8, 4) is 0 Å². The number of carbonyl (C=O) groups excluding carboxylic acids is 1. The maximum absolute atomic E-state index is 11.1. The Morgan fingerprint density at radius 1 is 2.00 bits per heavy atom. The quantitative estimate of drug-likeness (QED) is 0.488. The summed E-state index contributed by atoms with van der Waals surface area (Å²) >= 11 is 0. The summed E-state index contributed by atoms with van der Waals surface area (Å²) in [6.07, 6.45) is 3.41. The van der Waals surface area contributed by atoms with Crippen molar-refractivity contribution in [1.82, 2.24) is 0 Å². The predicted octanol–water partition coefficient (Wildman–Crippen LogP) is 1.01. The van der Waals surface area contributed by atoms with Crippen molar-refractivity contribution in [3.63, 3.8) is 0 Å². The summed E-state index contributed by atoms with van der Waals surface area (Å²) < 4.78 is 0. The minimum absolute atomic E-state index is 0.267. The van der Waals surface area contributed by atoms with Crippen LogP contribution in [0, 0.1) is 11.3 Å². The Kier molecular flexibility index (Phi) is 2.00. The van der Waals surface area contributed by atoms with E-state index >= 15 is 0 Å². The van der Waals surface area contributed by atoms with Crippen LogP contribution in [-0.2, 0) is 9.63 Å². The summed E-state index contributed by atoms with van der Waals surface area (Å²) in [5.41, 5.74) is -0.337. The molecule has 3 heteroatoms. The lowest BCUT2D eigenvalue weighted by Crippen LogP contribution is -2.23. The molecule has 0 aromatic carbocycles. The van der Waals surface area contributed by atoms with Crippen LogP contribution in [0.3, 0.4) is 0 Å². The van der Waals surface area contributed by atoms with Gasteiger partial charge in [-0.15, -0.1) is 6.58 Å². The van der Waals surface area contributed by atoms with Crippen molar-refractivity contribution in [2.45, 2.75) is 19.8 Å². The van der Waals surface area contributed by atoms with Crippen molar-refractivity contribution >= 4 is 5.97 Å². The minimum Gasteiger partial charge on any atom is -0.373 e. The van der Waals surface area contributed by atoms with E-state index in [9.17, 15) is 4.79 Å². The van der Waals surface area contributed by atoms with Gasteiger partial charge in [-0.25, -0.2) is 4.79 Å². The molecule has 1 saturated carbocycles. The van der Waals surface area contributed by atoms with Gasteiger partial charge in [-0.05, 0) is 18.8 Å². The molecule has 3 nitrogen and oxygen atoms in total. The normalized spacial score (nSPS) is 34.5. The van der Waals surface area contributed by atoms with Gasteiger partial charge in [-0.3, -0.25) is 0 Å². The second-order valence-electron chi connectivity index (χ2n) is 2.96. The zero-order valence-electron chi connectivity index (χ0n) is 6.67. The Morgan fingerprint density at radius 2 is 2.64 bits per heavy atom. The average molecular weight is 155 g/mol. The molecule has 11 heavy (non-hydrogen) atoms. The van der Waals surface area contributed by atoms with Gasteiger partial charge >= 0.3 is 5.97 Å². The molecule has 1 aliphatic carbocycles. The molecule has 0 aromatic heterocycles. The first-order valence-electron chi connectivity index (χ1n) is 3.75. The Hall–Kier alpha value is -0.830. The van der Waals surface area contributed by atoms with Crippen molar-refractivity contribution in [3.05, 3.63) is 12.7 Å². The third-order valence-corrected chi connectivity index (χ3v) is 2.56. The third kappa shape index (κ3) is 1.05. The largest absolute Gasteiger partial charge is 0.373 e. The zero-order chi connectivity index (χ0) is 8.48. The first-order chi connectivity index (χ1) is 5.21. The van der Waals surface area contributed by atoms with Crippen LogP contribution in [0.1, 0.15) is 19.8 Å². The van der Waals surface area contributed by atoms with Gasteiger partial charge in [-0.1, -0.05) is 13.0 Å². The molecule has 0 aliphatic heterocycles. The average Bonchev–Trinajstić information content (AvgIpc) is 2.78. The SMILES string of the molecule is C=CC1CC1(CC)C(=O)ON. The fourth-order valence-corrected chi connectivity index (χ4v) is 1.55. The number of allylic oxidation sites excluding steroid dienone is 1. The highest BCUT2D eigenvalue weighted by atomic mass is 16.7. The molecule has 0 aromatic rings. The lowest BCUT2D eigenvalue weighted by atomic mass is 10.0. The second kappa shape index (κ2) is 2.66. The van der Waals surface area contributed by atoms with Gasteiger partial charge in [0.05, 0.1) is 5.41 Å². The lowest BCUT2D eigenvalue weighted by molar-refractivity contribution is -0.151. The maximum atomic E-state index is 11.1. The highest BCUT2D eigenvalue weighted by Gasteiger charge is 2.58. The standard InChI is InChI=1S/C8H13NO2/c1-3-6-5-8(6,4-2)7(10)11-9/h3,6H,1,4-5,9H2,2H3. The van der Waals surface area contributed by atoms with Crippen molar-refractivity contribution in [1.29, 1.82) is 0 Å². The molecule has 2 unspecified atom stereocenters. The molecule has 62 valence electrons. The molecule has 0 saturated heterocycles. The van der Waals surface area contributed by atoms with E-state index < -0.39 is 0 Å². The van der Waals surface area contributed by atoms with Gasteiger partial charge < -0.3 is 4.84 Å². The Bertz CT molecular complexity index is 191. The highest BCUT2D eigenvalue weighted by Crippen LogP contribution is 2.56. The zero-order valence-corrected chi connectivity index (χ0v) is 6.67. The monoisotopic (exact) mass is 155 g/mol. The molecule has 2 atom stereocenters. The Labute approximate surface area is 66.2 Å². The Morgan fingerprint density at radius 3 is 2.91 bits per heavy atom. The van der Waals surface area contributed by atoms with Crippen LogP contribution in [0.2, 0.25) is 0 Å². The number of rotatable bonds is 3. The molecule has 0 spiro atoms. The van der Waals surface area contributed by atoms with Crippen LogP contribution < -0.4 is 5.90 Å². The Balaban J connectivity index is 2.66. The van der Waals surface area contributed by atoms with Gasteiger partial charge in [0.15, 0.2) is 0 Å². The summed E-state index contributed by atoms with van der Waals surface area (Å²) in [6.45, 7) is 5.59. The van der Waals surface area contributed by atoms with Crippen molar-refractivity contribution < 1.29 is 9.63 Å². The molecule has 0 heterocycles. The van der Waals surface area contributed by atoms with E-state index in [1.165, 1.54) is 0 Å². The molecular weight excluding hydrogens is 142 g/mol. The fourth-order valence-electron chi connectivity index (χ4n) is 1.55. The second-order valence-corrected chi connectivity index (χ2v) is 2.96. The third-order valence-electron chi connectivity index (χ3n) is 2.56. The van der Waals surface area contributed by atoms with E-state index in [1.807, 2.05) is 6.92 Å². The molecular formula is C8H13NO2. The number of nitrogens with two attached hydrogens (primary N) is 1. The minimum atomic E-state index is -0.337. The van der Waals surface area contributed by atoms with Crippen LogP contribution in [0.15, 0.2) is 12.7 Å². The number of carbonyl (C=O) groups is 1. The first kappa shape index (κ1) is 8.27. The molecule has 2 N–H and O–H groups in total. The molecule has 1 aliphatic rings.